The van der Waals surface area contributed by atoms with Crippen LogP contribution in [0.1, 0.15) is 11.1 Å². The lowest BCUT2D eigenvalue weighted by atomic mass is 10.1. The van der Waals surface area contributed by atoms with Crippen molar-refractivity contribution >= 4 is 46.5 Å². The maximum atomic E-state index is 13.0. The molecule has 0 aromatic heterocycles. The number of amides is 3. The first-order valence-corrected chi connectivity index (χ1v) is 9.64. The predicted octanol–water partition coefficient (Wildman–Crippen LogP) is 3.87. The Balaban J connectivity index is 1.52. The molecule has 1 N–H and O–H groups in total. The standard InChI is InChI=1S/C20H16ClFN2O3S/c21-15-5-1-14(2-6-15)12-18(25)23-9-10-24-19(26)17(28-20(24)27)11-13-3-7-16(22)8-4-13/h1-8,11H,9-10,12H2,(H,23,25)/b17-11+. The maximum Gasteiger partial charge on any atom is 0.293 e. The first-order valence-electron chi connectivity index (χ1n) is 8.44. The van der Waals surface area contributed by atoms with Crippen LogP contribution >= 0.6 is 23.4 Å². The fraction of sp³-hybridized carbons (Fsp3) is 0.150. The van der Waals surface area contributed by atoms with Gasteiger partial charge in [-0.2, -0.15) is 0 Å². The molecule has 1 aliphatic heterocycles. The third-order valence-corrected chi connectivity index (χ3v) is 5.14. The van der Waals surface area contributed by atoms with Crippen LogP contribution in [0.2, 0.25) is 5.02 Å². The van der Waals surface area contributed by atoms with Gasteiger partial charge in [-0.15, -0.1) is 0 Å². The van der Waals surface area contributed by atoms with E-state index in [-0.39, 0.29) is 36.1 Å². The van der Waals surface area contributed by atoms with Crippen LogP contribution in [-0.2, 0) is 16.0 Å². The van der Waals surface area contributed by atoms with Crippen LogP contribution in [0.4, 0.5) is 9.18 Å². The van der Waals surface area contributed by atoms with E-state index >= 15 is 0 Å². The Bertz CT molecular complexity index is 929. The molecule has 0 bridgehead atoms. The molecule has 3 amide bonds. The largest absolute Gasteiger partial charge is 0.354 e. The van der Waals surface area contributed by atoms with Gasteiger partial charge in [-0.1, -0.05) is 35.9 Å². The topological polar surface area (TPSA) is 66.5 Å². The first-order chi connectivity index (χ1) is 13.4. The normalized spacial score (nSPS) is 15.4. The molecule has 144 valence electrons. The summed E-state index contributed by atoms with van der Waals surface area (Å²) in [5.41, 5.74) is 1.44. The molecule has 1 saturated heterocycles. The zero-order chi connectivity index (χ0) is 20.1. The second-order valence-corrected chi connectivity index (χ2v) is 7.47. The molecule has 1 fully saturated rings. The first kappa shape index (κ1) is 20.1. The highest BCUT2D eigenvalue weighted by Crippen LogP contribution is 2.31. The molecule has 0 unspecified atom stereocenters. The van der Waals surface area contributed by atoms with Gasteiger partial charge in [0.1, 0.15) is 5.82 Å². The minimum atomic E-state index is -0.425. The van der Waals surface area contributed by atoms with E-state index in [2.05, 4.69) is 5.32 Å². The summed E-state index contributed by atoms with van der Waals surface area (Å²) < 4.78 is 13.0. The van der Waals surface area contributed by atoms with E-state index in [1.807, 2.05) is 0 Å². The number of halogens is 2. The number of rotatable bonds is 6. The van der Waals surface area contributed by atoms with E-state index in [9.17, 15) is 18.8 Å². The molecule has 1 aliphatic rings. The molecule has 8 heteroatoms. The van der Waals surface area contributed by atoms with Crippen LogP contribution < -0.4 is 5.32 Å². The quantitative estimate of drug-likeness (QED) is 0.723. The van der Waals surface area contributed by atoms with Crippen molar-refractivity contribution in [2.24, 2.45) is 0 Å². The Labute approximate surface area is 170 Å². The van der Waals surface area contributed by atoms with Gasteiger partial charge in [0.05, 0.1) is 11.3 Å². The predicted molar refractivity (Wildman–Crippen MR) is 107 cm³/mol. The van der Waals surface area contributed by atoms with E-state index < -0.39 is 11.1 Å². The summed E-state index contributed by atoms with van der Waals surface area (Å²) in [6.07, 6.45) is 1.73. The molecule has 0 aliphatic carbocycles. The third-order valence-electron chi connectivity index (χ3n) is 3.98. The van der Waals surface area contributed by atoms with E-state index in [1.54, 1.807) is 30.3 Å². The summed E-state index contributed by atoms with van der Waals surface area (Å²) >= 11 is 6.63. The molecule has 0 spiro atoms. The molecule has 2 aromatic rings. The summed E-state index contributed by atoms with van der Waals surface area (Å²) in [5.74, 6) is -1.01. The second kappa shape index (κ2) is 9.03. The third kappa shape index (κ3) is 5.21. The number of hydrogen-bond acceptors (Lipinski definition) is 4. The van der Waals surface area contributed by atoms with Crippen LogP contribution in [0.15, 0.2) is 53.4 Å². The smallest absolute Gasteiger partial charge is 0.293 e. The second-order valence-electron chi connectivity index (χ2n) is 6.04. The summed E-state index contributed by atoms with van der Waals surface area (Å²) in [6.45, 7) is 0.242. The van der Waals surface area contributed by atoms with Gasteiger partial charge in [-0.3, -0.25) is 19.3 Å². The van der Waals surface area contributed by atoms with Gasteiger partial charge in [-0.25, -0.2) is 4.39 Å². The van der Waals surface area contributed by atoms with Crippen LogP contribution in [0.25, 0.3) is 6.08 Å². The van der Waals surface area contributed by atoms with E-state index in [0.29, 0.717) is 10.6 Å². The lowest BCUT2D eigenvalue weighted by Crippen LogP contribution is -2.37. The van der Waals surface area contributed by atoms with Crippen LogP contribution in [-0.4, -0.2) is 35.0 Å². The van der Waals surface area contributed by atoms with Crippen molar-refractivity contribution in [1.82, 2.24) is 10.2 Å². The van der Waals surface area contributed by atoms with Crippen LogP contribution in [0.3, 0.4) is 0 Å². The molecule has 0 saturated carbocycles. The van der Waals surface area contributed by atoms with Crippen molar-refractivity contribution in [1.29, 1.82) is 0 Å². The number of carbonyl (C=O) groups excluding carboxylic acids is 3. The molecule has 0 atom stereocenters. The Morgan fingerprint density at radius 2 is 1.79 bits per heavy atom. The molecule has 3 rings (SSSR count). The monoisotopic (exact) mass is 418 g/mol. The summed E-state index contributed by atoms with van der Waals surface area (Å²) in [6, 6.07) is 12.6. The molecular formula is C20H16ClFN2O3S. The number of imide groups is 1. The van der Waals surface area contributed by atoms with Gasteiger partial charge < -0.3 is 5.32 Å². The molecule has 1 heterocycles. The van der Waals surface area contributed by atoms with Gasteiger partial charge in [-0.05, 0) is 53.2 Å². The van der Waals surface area contributed by atoms with Gasteiger partial charge in [0, 0.05) is 18.1 Å². The van der Waals surface area contributed by atoms with Crippen molar-refractivity contribution in [3.63, 3.8) is 0 Å². The summed E-state index contributed by atoms with van der Waals surface area (Å²) in [5, 5.41) is 2.89. The number of thioether (sulfide) groups is 1. The summed E-state index contributed by atoms with van der Waals surface area (Å²) in [7, 11) is 0. The lowest BCUT2D eigenvalue weighted by Gasteiger charge is -2.13. The fourth-order valence-electron chi connectivity index (χ4n) is 2.56. The molecular weight excluding hydrogens is 403 g/mol. The zero-order valence-corrected chi connectivity index (χ0v) is 16.2. The lowest BCUT2D eigenvalue weighted by molar-refractivity contribution is -0.124. The van der Waals surface area contributed by atoms with Crippen LogP contribution in [0.5, 0.6) is 0 Å². The SMILES string of the molecule is O=C(Cc1ccc(Cl)cc1)NCCN1C(=O)S/C(=C/c2ccc(F)cc2)C1=O. The number of benzene rings is 2. The molecule has 0 radical (unpaired) electrons. The van der Waals surface area contributed by atoms with Gasteiger partial charge in [0.25, 0.3) is 11.1 Å². The average Bonchev–Trinajstić information content (AvgIpc) is 2.93. The minimum Gasteiger partial charge on any atom is -0.354 e. The van der Waals surface area contributed by atoms with E-state index in [1.165, 1.54) is 24.3 Å². The average molecular weight is 419 g/mol. The van der Waals surface area contributed by atoms with Gasteiger partial charge in [0.15, 0.2) is 0 Å². The summed E-state index contributed by atoms with van der Waals surface area (Å²) in [4.78, 5) is 37.8. The zero-order valence-electron chi connectivity index (χ0n) is 14.7. The van der Waals surface area contributed by atoms with Gasteiger partial charge >= 0.3 is 0 Å². The Hall–Kier alpha value is -2.64. The molecule has 5 nitrogen and oxygen atoms in total. The Morgan fingerprint density at radius 1 is 1.11 bits per heavy atom. The van der Waals surface area contributed by atoms with Crippen molar-refractivity contribution in [3.8, 4) is 0 Å². The maximum absolute atomic E-state index is 13.0. The van der Waals surface area contributed by atoms with E-state index in [4.69, 9.17) is 11.6 Å². The Kier molecular flexibility index (Phi) is 6.49. The fourth-order valence-corrected chi connectivity index (χ4v) is 3.55. The highest BCUT2D eigenvalue weighted by Gasteiger charge is 2.34. The van der Waals surface area contributed by atoms with Crippen molar-refractivity contribution in [2.75, 3.05) is 13.1 Å². The highest BCUT2D eigenvalue weighted by atomic mass is 35.5. The number of hydrogen-bond donors (Lipinski definition) is 1. The number of carbonyl (C=O) groups is 3. The highest BCUT2D eigenvalue weighted by molar-refractivity contribution is 8.18. The number of nitrogens with zero attached hydrogens (tertiary/aromatic N) is 1. The van der Waals surface area contributed by atoms with Gasteiger partial charge in [0.2, 0.25) is 5.91 Å². The van der Waals surface area contributed by atoms with Crippen molar-refractivity contribution < 1.29 is 18.8 Å². The van der Waals surface area contributed by atoms with Crippen molar-refractivity contribution in [3.05, 3.63) is 75.4 Å². The number of nitrogens with one attached hydrogen (secondary N) is 1. The van der Waals surface area contributed by atoms with Crippen molar-refractivity contribution in [2.45, 2.75) is 6.42 Å². The Morgan fingerprint density at radius 3 is 2.46 bits per heavy atom. The minimum absolute atomic E-state index is 0.0811. The molecule has 2 aromatic carbocycles. The van der Waals surface area contributed by atoms with E-state index in [0.717, 1.165) is 22.2 Å². The molecule has 28 heavy (non-hydrogen) atoms. The van der Waals surface area contributed by atoms with Crippen LogP contribution in [0, 0.1) is 5.82 Å².